The predicted octanol–water partition coefficient (Wildman–Crippen LogP) is 2.39. The van der Waals surface area contributed by atoms with Gasteiger partial charge in [-0.2, -0.15) is 0 Å². The highest BCUT2D eigenvalue weighted by atomic mass is 35.5. The average molecular weight is 323 g/mol. The zero-order chi connectivity index (χ0) is 13.2. The van der Waals surface area contributed by atoms with Crippen LogP contribution in [0.15, 0.2) is 18.2 Å². The number of aromatic hydroxyl groups is 1. The zero-order valence-corrected chi connectivity index (χ0v) is 13.3. The Kier molecular flexibility index (Phi) is 7.66. The lowest BCUT2D eigenvalue weighted by Crippen LogP contribution is -2.47. The van der Waals surface area contributed by atoms with E-state index in [4.69, 9.17) is 16.2 Å². The first-order valence-electron chi connectivity index (χ1n) is 6.43. The molecule has 1 saturated carbocycles. The molecule has 0 saturated heterocycles. The molecule has 4 nitrogen and oxygen atoms in total. The molecule has 0 unspecified atom stereocenters. The van der Waals surface area contributed by atoms with E-state index >= 15 is 0 Å². The number of ether oxygens (including phenoxy) is 1. The normalized spacial score (nSPS) is 25.2. The van der Waals surface area contributed by atoms with E-state index in [0.29, 0.717) is 12.2 Å². The van der Waals surface area contributed by atoms with Crippen LogP contribution in [0.25, 0.3) is 0 Å². The fourth-order valence-corrected chi connectivity index (χ4v) is 2.59. The fraction of sp³-hybridized carbons (Fsp3) is 0.571. The lowest BCUT2D eigenvalue weighted by molar-refractivity contribution is 0.269. The van der Waals surface area contributed by atoms with Crippen LogP contribution in [0, 0.1) is 0 Å². The number of phenols is 1. The van der Waals surface area contributed by atoms with Crippen LogP contribution in [0.2, 0.25) is 0 Å². The van der Waals surface area contributed by atoms with Crippen molar-refractivity contribution >= 4 is 24.8 Å². The van der Waals surface area contributed by atoms with Gasteiger partial charge in [-0.25, -0.2) is 0 Å². The summed E-state index contributed by atoms with van der Waals surface area (Å²) in [5.41, 5.74) is 12.9. The zero-order valence-electron chi connectivity index (χ0n) is 11.7. The van der Waals surface area contributed by atoms with E-state index in [1.165, 1.54) is 0 Å². The average Bonchev–Trinajstić information content (AvgIpc) is 2.36. The highest BCUT2D eigenvalue weighted by Crippen LogP contribution is 2.32. The topological polar surface area (TPSA) is 81.5 Å². The molecule has 0 bridgehead atoms. The first-order valence-corrected chi connectivity index (χ1v) is 6.43. The van der Waals surface area contributed by atoms with Gasteiger partial charge in [0, 0.05) is 17.6 Å². The molecule has 0 aliphatic heterocycles. The number of methoxy groups -OCH3 is 1. The molecule has 1 fully saturated rings. The van der Waals surface area contributed by atoms with Gasteiger partial charge in [-0.05, 0) is 43.7 Å². The van der Waals surface area contributed by atoms with Gasteiger partial charge in [0.05, 0.1) is 7.11 Å². The van der Waals surface area contributed by atoms with E-state index in [-0.39, 0.29) is 42.1 Å². The summed E-state index contributed by atoms with van der Waals surface area (Å²) >= 11 is 0. The summed E-state index contributed by atoms with van der Waals surface area (Å²) in [7, 11) is 1.58. The van der Waals surface area contributed by atoms with Crippen molar-refractivity contribution in [2.45, 2.75) is 43.7 Å². The molecule has 0 radical (unpaired) electrons. The minimum absolute atomic E-state index is 0. The van der Waals surface area contributed by atoms with Crippen LogP contribution in [0.4, 0.5) is 0 Å². The van der Waals surface area contributed by atoms with Gasteiger partial charge < -0.3 is 21.3 Å². The lowest BCUT2D eigenvalue weighted by atomic mass is 9.76. The Hall–Kier alpha value is -0.680. The standard InChI is InChI=1S/C14H22N2O2.2ClH/c1-18-12-3-2-10(13(17)8-12)9-14(16)6-4-11(15)5-7-14;;/h2-3,8,11,17H,4-7,9,15-16H2,1H3;2*1H. The van der Waals surface area contributed by atoms with Gasteiger partial charge in [0.1, 0.15) is 11.5 Å². The van der Waals surface area contributed by atoms with Crippen LogP contribution in [0.3, 0.4) is 0 Å². The Balaban J connectivity index is 0.00000180. The minimum atomic E-state index is -0.234. The third kappa shape index (κ3) is 4.70. The second-order valence-corrected chi connectivity index (χ2v) is 5.37. The van der Waals surface area contributed by atoms with Crippen molar-refractivity contribution in [3.05, 3.63) is 23.8 Å². The van der Waals surface area contributed by atoms with Crippen LogP contribution in [0.5, 0.6) is 11.5 Å². The van der Waals surface area contributed by atoms with Crippen molar-refractivity contribution in [3.8, 4) is 11.5 Å². The van der Waals surface area contributed by atoms with Gasteiger partial charge in [-0.3, -0.25) is 0 Å². The molecule has 20 heavy (non-hydrogen) atoms. The summed E-state index contributed by atoms with van der Waals surface area (Å²) in [6, 6.07) is 5.66. The molecule has 116 valence electrons. The number of rotatable bonds is 3. The van der Waals surface area contributed by atoms with Crippen molar-refractivity contribution in [2.24, 2.45) is 11.5 Å². The third-order valence-electron chi connectivity index (χ3n) is 3.86. The fourth-order valence-electron chi connectivity index (χ4n) is 2.59. The van der Waals surface area contributed by atoms with Crippen LogP contribution in [-0.2, 0) is 6.42 Å². The summed E-state index contributed by atoms with van der Waals surface area (Å²) in [5, 5.41) is 9.96. The van der Waals surface area contributed by atoms with Gasteiger partial charge >= 0.3 is 0 Å². The Bertz CT molecular complexity index is 422. The molecule has 5 N–H and O–H groups in total. The Morgan fingerprint density at radius 3 is 2.40 bits per heavy atom. The van der Waals surface area contributed by atoms with Crippen LogP contribution >= 0.6 is 24.8 Å². The minimum Gasteiger partial charge on any atom is -0.508 e. The first kappa shape index (κ1) is 19.3. The molecule has 1 aliphatic rings. The first-order chi connectivity index (χ1) is 8.52. The van der Waals surface area contributed by atoms with Crippen molar-refractivity contribution in [3.63, 3.8) is 0 Å². The highest BCUT2D eigenvalue weighted by molar-refractivity contribution is 5.85. The number of nitrogens with two attached hydrogens (primary N) is 2. The second-order valence-electron chi connectivity index (χ2n) is 5.37. The van der Waals surface area contributed by atoms with E-state index in [9.17, 15) is 5.11 Å². The molecular weight excluding hydrogens is 299 g/mol. The molecule has 6 heteroatoms. The number of phenolic OH excluding ortho intramolecular Hbond substituents is 1. The SMILES string of the molecule is COc1ccc(CC2(N)CCC(N)CC2)c(O)c1.Cl.Cl. The molecular formula is C14H24Cl2N2O2. The molecule has 0 heterocycles. The summed E-state index contributed by atoms with van der Waals surface area (Å²) in [5.74, 6) is 0.919. The predicted molar refractivity (Wildman–Crippen MR) is 86.2 cm³/mol. The molecule has 0 aromatic heterocycles. The maximum atomic E-state index is 9.96. The Labute approximate surface area is 132 Å². The summed E-state index contributed by atoms with van der Waals surface area (Å²) in [4.78, 5) is 0. The van der Waals surface area contributed by atoms with E-state index in [1.807, 2.05) is 12.1 Å². The molecule has 0 amide bonds. The highest BCUT2D eigenvalue weighted by Gasteiger charge is 2.31. The van der Waals surface area contributed by atoms with E-state index in [0.717, 1.165) is 31.2 Å². The summed E-state index contributed by atoms with van der Waals surface area (Å²) in [6.07, 6.45) is 4.45. The van der Waals surface area contributed by atoms with E-state index in [2.05, 4.69) is 0 Å². The molecule has 0 atom stereocenters. The van der Waals surface area contributed by atoms with E-state index < -0.39 is 0 Å². The third-order valence-corrected chi connectivity index (χ3v) is 3.86. The quantitative estimate of drug-likeness (QED) is 0.798. The summed E-state index contributed by atoms with van der Waals surface area (Å²) in [6.45, 7) is 0. The van der Waals surface area contributed by atoms with Crippen LogP contribution in [-0.4, -0.2) is 23.8 Å². The van der Waals surface area contributed by atoms with Gasteiger partial charge in [0.2, 0.25) is 0 Å². The molecule has 2 rings (SSSR count). The Morgan fingerprint density at radius 1 is 1.30 bits per heavy atom. The van der Waals surface area contributed by atoms with Crippen molar-refractivity contribution < 1.29 is 9.84 Å². The number of halogens is 2. The number of hydrogen-bond acceptors (Lipinski definition) is 4. The monoisotopic (exact) mass is 322 g/mol. The van der Waals surface area contributed by atoms with Crippen LogP contribution in [0.1, 0.15) is 31.2 Å². The second kappa shape index (κ2) is 7.93. The number of hydrogen-bond donors (Lipinski definition) is 3. The number of benzene rings is 1. The maximum absolute atomic E-state index is 9.96. The van der Waals surface area contributed by atoms with Gasteiger partial charge in [0.15, 0.2) is 0 Å². The van der Waals surface area contributed by atoms with Gasteiger partial charge in [0.25, 0.3) is 0 Å². The molecule has 1 aromatic rings. The lowest BCUT2D eigenvalue weighted by Gasteiger charge is -2.36. The van der Waals surface area contributed by atoms with Crippen molar-refractivity contribution in [1.82, 2.24) is 0 Å². The molecule has 0 spiro atoms. The smallest absolute Gasteiger partial charge is 0.122 e. The maximum Gasteiger partial charge on any atom is 0.122 e. The van der Waals surface area contributed by atoms with Gasteiger partial charge in [-0.15, -0.1) is 24.8 Å². The van der Waals surface area contributed by atoms with Crippen molar-refractivity contribution in [2.75, 3.05) is 7.11 Å². The largest absolute Gasteiger partial charge is 0.508 e. The van der Waals surface area contributed by atoms with Crippen molar-refractivity contribution in [1.29, 1.82) is 0 Å². The molecule has 1 aromatic carbocycles. The molecule has 1 aliphatic carbocycles. The van der Waals surface area contributed by atoms with E-state index in [1.54, 1.807) is 13.2 Å². The van der Waals surface area contributed by atoms with Crippen LogP contribution < -0.4 is 16.2 Å². The summed E-state index contributed by atoms with van der Waals surface area (Å²) < 4.78 is 5.07. The Morgan fingerprint density at radius 2 is 1.90 bits per heavy atom. The van der Waals surface area contributed by atoms with Gasteiger partial charge in [-0.1, -0.05) is 6.07 Å².